The molecule has 1 unspecified atom stereocenters. The second kappa shape index (κ2) is 9.26. The number of carbonyl (C=O) groups excluding carboxylic acids is 1. The van der Waals surface area contributed by atoms with Crippen LogP contribution < -0.4 is 10.1 Å². The third-order valence-electron chi connectivity index (χ3n) is 6.39. The van der Waals surface area contributed by atoms with Crippen LogP contribution in [0, 0.1) is 5.92 Å². The van der Waals surface area contributed by atoms with E-state index in [-0.39, 0.29) is 12.3 Å². The van der Waals surface area contributed by atoms with Crippen LogP contribution in [0.15, 0.2) is 30.6 Å². The summed E-state index contributed by atoms with van der Waals surface area (Å²) in [6, 6.07) is 6.45. The predicted molar refractivity (Wildman–Crippen MR) is 116 cm³/mol. The molecule has 2 saturated heterocycles. The summed E-state index contributed by atoms with van der Waals surface area (Å²) in [4.78, 5) is 18.7. The summed E-state index contributed by atoms with van der Waals surface area (Å²) in [5, 5.41) is 7.53. The smallest absolute Gasteiger partial charge is 0.317 e. The standard InChI is InChI=1S/C23H31N5O3/c29-23(26-18-4-5-18)27-12-9-17(10-13-27)16-31-19-6-7-20(24-15-19)21-8-11-25-28(21)22-3-1-2-14-30-22/h6-8,11,15,17-18,22H,1-5,9-10,12-14,16H2,(H,26,29). The van der Waals surface area contributed by atoms with E-state index >= 15 is 0 Å². The first kappa shape index (κ1) is 20.3. The van der Waals surface area contributed by atoms with E-state index in [1.54, 1.807) is 12.4 Å². The molecule has 1 atom stereocenters. The van der Waals surface area contributed by atoms with Crippen LogP contribution in [0.1, 0.15) is 51.2 Å². The van der Waals surface area contributed by atoms with E-state index in [4.69, 9.17) is 9.47 Å². The first-order chi connectivity index (χ1) is 15.3. The van der Waals surface area contributed by atoms with Gasteiger partial charge in [0.1, 0.15) is 5.75 Å². The molecule has 2 amide bonds. The first-order valence-corrected chi connectivity index (χ1v) is 11.6. The Balaban J connectivity index is 1.11. The Labute approximate surface area is 182 Å². The molecule has 0 spiro atoms. The maximum atomic E-state index is 12.2. The summed E-state index contributed by atoms with van der Waals surface area (Å²) in [5.74, 6) is 1.24. The lowest BCUT2D eigenvalue weighted by molar-refractivity contribution is -0.0384. The van der Waals surface area contributed by atoms with Crippen molar-refractivity contribution in [1.29, 1.82) is 0 Å². The van der Waals surface area contributed by atoms with Gasteiger partial charge in [-0.25, -0.2) is 9.48 Å². The van der Waals surface area contributed by atoms with Gasteiger partial charge in [0.2, 0.25) is 0 Å². The molecule has 1 aliphatic carbocycles. The molecular weight excluding hydrogens is 394 g/mol. The number of urea groups is 1. The number of pyridine rings is 1. The third kappa shape index (κ3) is 5.01. The highest BCUT2D eigenvalue weighted by Crippen LogP contribution is 2.28. The number of nitrogens with zero attached hydrogens (tertiary/aromatic N) is 4. The largest absolute Gasteiger partial charge is 0.492 e. The SMILES string of the molecule is O=C(NC1CC1)N1CCC(COc2ccc(-c3ccnn3C3CCCCO3)nc2)CC1. The minimum absolute atomic E-state index is 0.00583. The van der Waals surface area contributed by atoms with E-state index in [0.717, 1.165) is 81.8 Å². The molecule has 3 aliphatic rings. The molecule has 3 fully saturated rings. The van der Waals surface area contributed by atoms with Gasteiger partial charge >= 0.3 is 6.03 Å². The van der Waals surface area contributed by atoms with E-state index in [1.807, 2.05) is 27.8 Å². The van der Waals surface area contributed by atoms with Crippen LogP contribution in [0.4, 0.5) is 4.79 Å². The first-order valence-electron chi connectivity index (χ1n) is 11.6. The Morgan fingerprint density at radius 3 is 2.71 bits per heavy atom. The lowest BCUT2D eigenvalue weighted by Gasteiger charge is -2.31. The highest BCUT2D eigenvalue weighted by Gasteiger charge is 2.28. The third-order valence-corrected chi connectivity index (χ3v) is 6.39. The zero-order valence-corrected chi connectivity index (χ0v) is 17.9. The molecule has 8 nitrogen and oxygen atoms in total. The quantitative estimate of drug-likeness (QED) is 0.765. The van der Waals surface area contributed by atoms with Crippen LogP contribution in [0.5, 0.6) is 5.75 Å². The number of piperidine rings is 1. The summed E-state index contributed by atoms with van der Waals surface area (Å²) in [7, 11) is 0. The van der Waals surface area contributed by atoms with Crippen molar-refractivity contribution in [1.82, 2.24) is 25.0 Å². The number of nitrogens with one attached hydrogen (secondary N) is 1. The Kier molecular flexibility index (Phi) is 6.06. The second-order valence-corrected chi connectivity index (χ2v) is 8.83. The Morgan fingerprint density at radius 1 is 1.13 bits per heavy atom. The van der Waals surface area contributed by atoms with Crippen molar-refractivity contribution in [2.75, 3.05) is 26.3 Å². The Hall–Kier alpha value is -2.61. The Morgan fingerprint density at radius 2 is 2.00 bits per heavy atom. The van der Waals surface area contributed by atoms with Gasteiger partial charge in [0.05, 0.1) is 24.2 Å². The summed E-state index contributed by atoms with van der Waals surface area (Å²) in [5.41, 5.74) is 1.84. The molecule has 8 heteroatoms. The van der Waals surface area contributed by atoms with Gasteiger partial charge in [-0.1, -0.05) is 0 Å². The van der Waals surface area contributed by atoms with Gasteiger partial charge in [-0.05, 0) is 69.1 Å². The van der Waals surface area contributed by atoms with Crippen LogP contribution >= 0.6 is 0 Å². The Bertz CT molecular complexity index is 866. The molecular formula is C23H31N5O3. The van der Waals surface area contributed by atoms with E-state index in [2.05, 4.69) is 15.4 Å². The molecule has 2 aromatic heterocycles. The van der Waals surface area contributed by atoms with Gasteiger partial charge in [-0.2, -0.15) is 5.10 Å². The summed E-state index contributed by atoms with van der Waals surface area (Å²) in [6.45, 7) is 3.05. The van der Waals surface area contributed by atoms with Crippen LogP contribution in [0.25, 0.3) is 11.4 Å². The predicted octanol–water partition coefficient (Wildman–Crippen LogP) is 3.61. The van der Waals surface area contributed by atoms with Crippen molar-refractivity contribution in [2.45, 2.75) is 57.2 Å². The second-order valence-electron chi connectivity index (χ2n) is 8.83. The van der Waals surface area contributed by atoms with Crippen molar-refractivity contribution in [2.24, 2.45) is 5.92 Å². The summed E-state index contributed by atoms with van der Waals surface area (Å²) >= 11 is 0. The van der Waals surface area contributed by atoms with Crippen LogP contribution in [-0.4, -0.2) is 58.0 Å². The van der Waals surface area contributed by atoms with Gasteiger partial charge in [-0.15, -0.1) is 0 Å². The minimum atomic E-state index is -0.00583. The number of aromatic nitrogens is 3. The molecule has 4 heterocycles. The molecule has 166 valence electrons. The van der Waals surface area contributed by atoms with E-state index < -0.39 is 0 Å². The number of ether oxygens (including phenoxy) is 2. The average molecular weight is 426 g/mol. The number of carbonyl (C=O) groups is 1. The maximum absolute atomic E-state index is 12.2. The highest BCUT2D eigenvalue weighted by molar-refractivity contribution is 5.74. The van der Waals surface area contributed by atoms with E-state index in [0.29, 0.717) is 18.6 Å². The molecule has 1 saturated carbocycles. The van der Waals surface area contributed by atoms with Crippen molar-refractivity contribution in [3.63, 3.8) is 0 Å². The molecule has 0 radical (unpaired) electrons. The molecule has 2 aromatic rings. The number of likely N-dealkylation sites (tertiary alicyclic amines) is 1. The normalized spacial score (nSPS) is 22.3. The number of amides is 2. The molecule has 31 heavy (non-hydrogen) atoms. The fourth-order valence-electron chi connectivity index (χ4n) is 4.29. The number of hydrogen-bond acceptors (Lipinski definition) is 5. The van der Waals surface area contributed by atoms with Gasteiger partial charge in [0.15, 0.2) is 6.23 Å². The van der Waals surface area contributed by atoms with Gasteiger partial charge < -0.3 is 19.7 Å². The summed E-state index contributed by atoms with van der Waals surface area (Å²) in [6.07, 6.45) is 11.0. The fraction of sp³-hybridized carbons (Fsp3) is 0.609. The average Bonchev–Trinajstić information content (AvgIpc) is 3.50. The van der Waals surface area contributed by atoms with Gasteiger partial charge in [0.25, 0.3) is 0 Å². The van der Waals surface area contributed by atoms with E-state index in [9.17, 15) is 4.79 Å². The summed E-state index contributed by atoms with van der Waals surface area (Å²) < 4.78 is 13.8. The van der Waals surface area contributed by atoms with Crippen molar-refractivity contribution in [3.8, 4) is 17.1 Å². The lowest BCUT2D eigenvalue weighted by atomic mass is 9.98. The zero-order chi connectivity index (χ0) is 21.0. The molecule has 1 N–H and O–H groups in total. The topological polar surface area (TPSA) is 81.5 Å². The maximum Gasteiger partial charge on any atom is 0.317 e. The van der Waals surface area contributed by atoms with Gasteiger partial charge in [0, 0.05) is 31.9 Å². The minimum Gasteiger partial charge on any atom is -0.492 e. The van der Waals surface area contributed by atoms with Crippen molar-refractivity contribution in [3.05, 3.63) is 30.6 Å². The zero-order valence-electron chi connectivity index (χ0n) is 17.9. The molecule has 5 rings (SSSR count). The monoisotopic (exact) mass is 425 g/mol. The molecule has 0 bridgehead atoms. The van der Waals surface area contributed by atoms with E-state index in [1.165, 1.54) is 0 Å². The highest BCUT2D eigenvalue weighted by atomic mass is 16.5. The molecule has 2 aliphatic heterocycles. The molecule has 0 aromatic carbocycles. The fourth-order valence-corrected chi connectivity index (χ4v) is 4.29. The van der Waals surface area contributed by atoms with Gasteiger partial charge in [-0.3, -0.25) is 4.98 Å². The lowest BCUT2D eigenvalue weighted by Crippen LogP contribution is -2.45. The van der Waals surface area contributed by atoms with Crippen LogP contribution in [-0.2, 0) is 4.74 Å². The number of hydrogen-bond donors (Lipinski definition) is 1. The van der Waals surface area contributed by atoms with Crippen molar-refractivity contribution >= 4 is 6.03 Å². The number of rotatable bonds is 6. The van der Waals surface area contributed by atoms with Crippen molar-refractivity contribution < 1.29 is 14.3 Å². The van der Waals surface area contributed by atoms with Crippen LogP contribution in [0.2, 0.25) is 0 Å². The van der Waals surface area contributed by atoms with Crippen LogP contribution in [0.3, 0.4) is 0 Å².